The van der Waals surface area contributed by atoms with E-state index in [1.807, 2.05) is 30.7 Å². The second-order valence-electron chi connectivity index (χ2n) is 7.32. The highest BCUT2D eigenvalue weighted by molar-refractivity contribution is 5.79. The van der Waals surface area contributed by atoms with Gasteiger partial charge in [0.2, 0.25) is 5.91 Å². The van der Waals surface area contributed by atoms with Gasteiger partial charge in [-0.05, 0) is 33.4 Å². The molecule has 1 aromatic heterocycles. The number of allylic oxidation sites excluding steroid dienone is 2. The molecule has 0 radical (unpaired) electrons. The summed E-state index contributed by atoms with van der Waals surface area (Å²) in [6.07, 6.45) is 7.10. The Morgan fingerprint density at radius 2 is 2.24 bits per heavy atom. The summed E-state index contributed by atoms with van der Waals surface area (Å²) in [7, 11) is 5.99. The molecule has 0 aromatic carbocycles. The van der Waals surface area contributed by atoms with Gasteiger partial charge in [-0.2, -0.15) is 0 Å². The van der Waals surface area contributed by atoms with E-state index in [-0.39, 0.29) is 17.7 Å². The van der Waals surface area contributed by atoms with E-state index in [1.54, 1.807) is 0 Å². The first-order valence-corrected chi connectivity index (χ1v) is 9.11. The van der Waals surface area contributed by atoms with Gasteiger partial charge in [-0.25, -0.2) is 0 Å². The average molecular weight is 347 g/mol. The number of rotatable bonds is 6. The van der Waals surface area contributed by atoms with Gasteiger partial charge in [0, 0.05) is 32.0 Å². The van der Waals surface area contributed by atoms with Crippen molar-refractivity contribution in [2.75, 3.05) is 40.4 Å². The zero-order chi connectivity index (χ0) is 17.8. The van der Waals surface area contributed by atoms with Gasteiger partial charge >= 0.3 is 0 Å². The molecule has 7 heteroatoms. The lowest BCUT2D eigenvalue weighted by Crippen LogP contribution is -2.43. The van der Waals surface area contributed by atoms with Crippen LogP contribution in [-0.2, 0) is 23.1 Å². The van der Waals surface area contributed by atoms with Crippen LogP contribution in [0.25, 0.3) is 0 Å². The number of ether oxygens (including phenoxy) is 1. The largest absolute Gasteiger partial charge is 0.379 e. The van der Waals surface area contributed by atoms with Crippen LogP contribution in [0, 0.1) is 5.92 Å². The summed E-state index contributed by atoms with van der Waals surface area (Å²) in [6.45, 7) is 3.42. The second kappa shape index (κ2) is 8.10. The summed E-state index contributed by atoms with van der Waals surface area (Å²) >= 11 is 0. The first-order chi connectivity index (χ1) is 12.1. The van der Waals surface area contributed by atoms with Gasteiger partial charge in [0.05, 0.1) is 25.5 Å². The van der Waals surface area contributed by atoms with E-state index in [2.05, 4.69) is 27.4 Å². The lowest BCUT2D eigenvalue weighted by molar-refractivity contribution is -0.137. The second-order valence-corrected chi connectivity index (χ2v) is 7.32. The number of nitrogens with zero attached hydrogens (tertiary/aromatic N) is 5. The predicted octanol–water partition coefficient (Wildman–Crippen LogP) is 1.18. The minimum absolute atomic E-state index is 0.110. The standard InChI is InChI=1S/C18H29N5O2/c1-21(2)9-10-25-13-15-11-23(12-16-17(15)22(3)20-19-16)18(24)14-7-5-4-6-8-14/h4-5,14-15H,6-13H2,1-3H3. The predicted molar refractivity (Wildman–Crippen MR) is 95.0 cm³/mol. The van der Waals surface area contributed by atoms with Crippen molar-refractivity contribution in [2.45, 2.75) is 31.7 Å². The summed E-state index contributed by atoms with van der Waals surface area (Å²) in [5, 5.41) is 8.45. The van der Waals surface area contributed by atoms with E-state index < -0.39 is 0 Å². The van der Waals surface area contributed by atoms with E-state index in [0.717, 1.165) is 37.2 Å². The van der Waals surface area contributed by atoms with Crippen molar-refractivity contribution in [2.24, 2.45) is 13.0 Å². The van der Waals surface area contributed by atoms with Crippen LogP contribution < -0.4 is 0 Å². The summed E-state index contributed by atoms with van der Waals surface area (Å²) in [5.74, 6) is 0.492. The summed E-state index contributed by atoms with van der Waals surface area (Å²) in [5.41, 5.74) is 2.02. The minimum Gasteiger partial charge on any atom is -0.379 e. The molecule has 0 spiro atoms. The van der Waals surface area contributed by atoms with Crippen LogP contribution in [0.1, 0.15) is 36.6 Å². The number of hydrogen-bond acceptors (Lipinski definition) is 5. The van der Waals surface area contributed by atoms with Gasteiger partial charge in [-0.3, -0.25) is 9.48 Å². The number of fused-ring (bicyclic) bond motifs is 1. The quantitative estimate of drug-likeness (QED) is 0.571. The van der Waals surface area contributed by atoms with Crippen LogP contribution in [0.15, 0.2) is 12.2 Å². The molecule has 1 aromatic rings. The van der Waals surface area contributed by atoms with Crippen LogP contribution in [0.5, 0.6) is 0 Å². The zero-order valence-corrected chi connectivity index (χ0v) is 15.5. The third-order valence-corrected chi connectivity index (χ3v) is 5.04. The Balaban J connectivity index is 1.67. The van der Waals surface area contributed by atoms with E-state index in [9.17, 15) is 4.79 Å². The van der Waals surface area contributed by atoms with Gasteiger partial charge in [-0.15, -0.1) is 5.10 Å². The lowest BCUT2D eigenvalue weighted by Gasteiger charge is -2.34. The molecule has 0 saturated heterocycles. The van der Waals surface area contributed by atoms with Gasteiger partial charge < -0.3 is 14.5 Å². The number of aryl methyl sites for hydroxylation is 1. The number of aromatic nitrogens is 3. The Labute approximate surface area is 149 Å². The summed E-state index contributed by atoms with van der Waals surface area (Å²) in [4.78, 5) is 17.0. The number of carbonyl (C=O) groups is 1. The average Bonchev–Trinajstić information content (AvgIpc) is 2.99. The smallest absolute Gasteiger partial charge is 0.226 e. The van der Waals surface area contributed by atoms with Crippen molar-refractivity contribution >= 4 is 5.91 Å². The molecule has 1 amide bonds. The number of hydrogen-bond donors (Lipinski definition) is 0. The van der Waals surface area contributed by atoms with Gasteiger partial charge in [0.25, 0.3) is 0 Å². The van der Waals surface area contributed by atoms with E-state index in [1.165, 1.54) is 0 Å². The van der Waals surface area contributed by atoms with Gasteiger partial charge in [0.15, 0.2) is 0 Å². The molecule has 2 atom stereocenters. The van der Waals surface area contributed by atoms with Crippen molar-refractivity contribution in [1.29, 1.82) is 0 Å². The fraction of sp³-hybridized carbons (Fsp3) is 0.722. The molecule has 25 heavy (non-hydrogen) atoms. The first kappa shape index (κ1) is 18.1. The van der Waals surface area contributed by atoms with Crippen molar-refractivity contribution < 1.29 is 9.53 Å². The van der Waals surface area contributed by atoms with Crippen LogP contribution in [0.4, 0.5) is 0 Å². The minimum atomic E-state index is 0.110. The monoisotopic (exact) mass is 347 g/mol. The van der Waals surface area contributed by atoms with E-state index >= 15 is 0 Å². The van der Waals surface area contributed by atoms with Crippen LogP contribution in [-0.4, -0.2) is 71.1 Å². The van der Waals surface area contributed by atoms with Crippen LogP contribution >= 0.6 is 0 Å². The van der Waals surface area contributed by atoms with E-state index in [4.69, 9.17) is 4.74 Å². The van der Waals surface area contributed by atoms with Crippen LogP contribution in [0.2, 0.25) is 0 Å². The highest BCUT2D eigenvalue weighted by Crippen LogP contribution is 2.29. The molecule has 2 heterocycles. The summed E-state index contributed by atoms with van der Waals surface area (Å²) < 4.78 is 7.71. The number of amides is 1. The molecule has 1 aliphatic carbocycles. The Morgan fingerprint density at radius 3 is 2.96 bits per heavy atom. The maximum Gasteiger partial charge on any atom is 0.226 e. The molecule has 3 rings (SSSR count). The topological polar surface area (TPSA) is 63.5 Å². The SMILES string of the molecule is CN(C)CCOCC1CN(C(=O)C2CC=CCC2)Cc2nnn(C)c21. The maximum atomic E-state index is 12.9. The lowest BCUT2D eigenvalue weighted by atomic mass is 9.91. The molecule has 1 aliphatic heterocycles. The third kappa shape index (κ3) is 4.27. The molecule has 2 aliphatic rings. The molecule has 0 fully saturated rings. The molecule has 0 bridgehead atoms. The molecule has 138 valence electrons. The number of carbonyl (C=O) groups excluding carboxylic acids is 1. The molecular formula is C18H29N5O2. The molecular weight excluding hydrogens is 318 g/mol. The van der Waals surface area contributed by atoms with Gasteiger partial charge in [-0.1, -0.05) is 17.4 Å². The first-order valence-electron chi connectivity index (χ1n) is 9.11. The molecule has 0 N–H and O–H groups in total. The Bertz CT molecular complexity index is 625. The molecule has 7 nitrogen and oxygen atoms in total. The molecule has 2 unspecified atom stereocenters. The molecule has 0 saturated carbocycles. The normalized spacial score (nSPS) is 23.1. The van der Waals surface area contributed by atoms with Gasteiger partial charge in [0.1, 0.15) is 5.69 Å². The maximum absolute atomic E-state index is 12.9. The fourth-order valence-electron chi connectivity index (χ4n) is 3.67. The Hall–Kier alpha value is -1.73. The Morgan fingerprint density at radius 1 is 1.40 bits per heavy atom. The Kier molecular flexibility index (Phi) is 5.86. The summed E-state index contributed by atoms with van der Waals surface area (Å²) in [6, 6.07) is 0. The zero-order valence-electron chi connectivity index (χ0n) is 15.5. The van der Waals surface area contributed by atoms with E-state index in [0.29, 0.717) is 26.3 Å². The highest BCUT2D eigenvalue weighted by atomic mass is 16.5. The number of likely N-dealkylation sites (N-methyl/N-ethyl adjacent to an activating group) is 1. The fourth-order valence-corrected chi connectivity index (χ4v) is 3.67. The third-order valence-electron chi connectivity index (χ3n) is 5.04. The van der Waals surface area contributed by atoms with Crippen molar-refractivity contribution in [3.8, 4) is 0 Å². The van der Waals surface area contributed by atoms with Crippen molar-refractivity contribution in [3.63, 3.8) is 0 Å². The van der Waals surface area contributed by atoms with Crippen LogP contribution in [0.3, 0.4) is 0 Å². The van der Waals surface area contributed by atoms with Crippen molar-refractivity contribution in [1.82, 2.24) is 24.8 Å². The van der Waals surface area contributed by atoms with Crippen molar-refractivity contribution in [3.05, 3.63) is 23.5 Å². The highest BCUT2D eigenvalue weighted by Gasteiger charge is 2.34.